The van der Waals surface area contributed by atoms with Gasteiger partial charge in [0.15, 0.2) is 0 Å². The molecule has 0 radical (unpaired) electrons. The molecule has 0 bridgehead atoms. The molecular weight excluding hydrogens is 300 g/mol. The first-order chi connectivity index (χ1) is 11.7. The monoisotopic (exact) mass is 320 g/mol. The smallest absolute Gasteiger partial charge is 0.244 e. The highest BCUT2D eigenvalue weighted by atomic mass is 16.5. The normalized spacial score (nSPS) is 16.0. The molecule has 1 aliphatic rings. The van der Waals surface area contributed by atoms with E-state index in [4.69, 9.17) is 4.74 Å². The number of nitrogens with one attached hydrogen (secondary N) is 1. The third-order valence-electron chi connectivity index (χ3n) is 4.43. The van der Waals surface area contributed by atoms with Crippen LogP contribution in [0, 0.1) is 16.7 Å². The summed E-state index contributed by atoms with van der Waals surface area (Å²) >= 11 is 0. The van der Waals surface area contributed by atoms with Crippen molar-refractivity contribution in [2.75, 3.05) is 5.32 Å². The largest absolute Gasteiger partial charge is 0.457 e. The highest BCUT2D eigenvalue weighted by molar-refractivity contribution is 5.97. The van der Waals surface area contributed by atoms with Gasteiger partial charge < -0.3 is 10.1 Å². The van der Waals surface area contributed by atoms with Crippen molar-refractivity contribution in [3.63, 3.8) is 0 Å². The Kier molecular flexibility index (Phi) is 4.81. The van der Waals surface area contributed by atoms with Crippen molar-refractivity contribution in [3.05, 3.63) is 54.6 Å². The highest BCUT2D eigenvalue weighted by Gasteiger charge is 2.39. The standard InChI is InChI=1S/C20H20N2O2/c21-15-20(12-5-2-6-13-20)19(23)22-16-8-7-11-18(14-16)24-17-9-3-1-4-10-17/h1,3-4,7-11,14H,2,5-6,12-13H2,(H,22,23). The minimum atomic E-state index is -0.894. The average Bonchev–Trinajstić information content (AvgIpc) is 2.63. The first-order valence-corrected chi connectivity index (χ1v) is 8.28. The van der Waals surface area contributed by atoms with Gasteiger partial charge in [0.25, 0.3) is 0 Å². The lowest BCUT2D eigenvalue weighted by Crippen LogP contribution is -2.36. The molecule has 24 heavy (non-hydrogen) atoms. The van der Waals surface area contributed by atoms with Gasteiger partial charge >= 0.3 is 0 Å². The van der Waals surface area contributed by atoms with Gasteiger partial charge in [0.2, 0.25) is 5.91 Å². The fourth-order valence-electron chi connectivity index (χ4n) is 3.06. The Morgan fingerprint density at radius 1 is 1.00 bits per heavy atom. The van der Waals surface area contributed by atoms with E-state index >= 15 is 0 Å². The number of ether oxygens (including phenoxy) is 1. The number of hydrogen-bond acceptors (Lipinski definition) is 3. The fraction of sp³-hybridized carbons (Fsp3) is 0.300. The van der Waals surface area contributed by atoms with Crippen molar-refractivity contribution in [1.82, 2.24) is 0 Å². The Labute approximate surface area is 142 Å². The lowest BCUT2D eigenvalue weighted by atomic mass is 9.74. The third kappa shape index (κ3) is 3.57. The average molecular weight is 320 g/mol. The summed E-state index contributed by atoms with van der Waals surface area (Å²) in [6, 6.07) is 19.0. The zero-order chi connectivity index (χ0) is 16.8. The van der Waals surface area contributed by atoms with Crippen LogP contribution in [0.15, 0.2) is 54.6 Å². The van der Waals surface area contributed by atoms with Gasteiger partial charge in [-0.15, -0.1) is 0 Å². The van der Waals surface area contributed by atoms with Crippen LogP contribution in [-0.2, 0) is 4.79 Å². The van der Waals surface area contributed by atoms with E-state index in [-0.39, 0.29) is 5.91 Å². The number of benzene rings is 2. The molecule has 0 aliphatic heterocycles. The molecule has 0 atom stereocenters. The van der Waals surface area contributed by atoms with E-state index < -0.39 is 5.41 Å². The van der Waals surface area contributed by atoms with Crippen LogP contribution >= 0.6 is 0 Å². The van der Waals surface area contributed by atoms with Crippen molar-refractivity contribution in [2.45, 2.75) is 32.1 Å². The second-order valence-electron chi connectivity index (χ2n) is 6.15. The maximum atomic E-state index is 12.6. The highest BCUT2D eigenvalue weighted by Crippen LogP contribution is 2.37. The second-order valence-corrected chi connectivity index (χ2v) is 6.15. The molecule has 122 valence electrons. The molecule has 0 unspecified atom stereocenters. The Hall–Kier alpha value is -2.80. The van der Waals surface area contributed by atoms with Crippen LogP contribution in [0.25, 0.3) is 0 Å². The number of anilines is 1. The Morgan fingerprint density at radius 2 is 1.71 bits per heavy atom. The van der Waals surface area contributed by atoms with Crippen LogP contribution in [-0.4, -0.2) is 5.91 Å². The zero-order valence-corrected chi connectivity index (χ0v) is 13.5. The van der Waals surface area contributed by atoms with Crippen molar-refractivity contribution in [1.29, 1.82) is 5.26 Å². The van der Waals surface area contributed by atoms with E-state index in [0.717, 1.165) is 25.0 Å². The van der Waals surface area contributed by atoms with Gasteiger partial charge in [0, 0.05) is 11.8 Å². The summed E-state index contributed by atoms with van der Waals surface area (Å²) in [7, 11) is 0. The molecule has 1 fully saturated rings. The number of nitriles is 1. The molecule has 3 rings (SSSR count). The topological polar surface area (TPSA) is 62.1 Å². The molecular formula is C20H20N2O2. The van der Waals surface area contributed by atoms with E-state index in [2.05, 4.69) is 11.4 Å². The molecule has 4 heteroatoms. The first kappa shape index (κ1) is 16.1. The van der Waals surface area contributed by atoms with Gasteiger partial charge in [0.05, 0.1) is 6.07 Å². The summed E-state index contributed by atoms with van der Waals surface area (Å²) < 4.78 is 5.78. The molecule has 2 aromatic carbocycles. The molecule has 2 aromatic rings. The van der Waals surface area contributed by atoms with Gasteiger partial charge in [0.1, 0.15) is 16.9 Å². The lowest BCUT2D eigenvalue weighted by molar-refractivity contribution is -0.124. The second kappa shape index (κ2) is 7.18. The molecule has 4 nitrogen and oxygen atoms in total. The summed E-state index contributed by atoms with van der Waals surface area (Å²) in [6.45, 7) is 0. The van der Waals surface area contributed by atoms with E-state index in [9.17, 15) is 10.1 Å². The number of carbonyl (C=O) groups is 1. The van der Waals surface area contributed by atoms with Crippen LogP contribution in [0.5, 0.6) is 11.5 Å². The Morgan fingerprint density at radius 3 is 2.42 bits per heavy atom. The van der Waals surface area contributed by atoms with Crippen LogP contribution < -0.4 is 10.1 Å². The molecule has 1 N–H and O–H groups in total. The maximum Gasteiger partial charge on any atom is 0.244 e. The van der Waals surface area contributed by atoms with E-state index in [1.165, 1.54) is 0 Å². The molecule has 0 heterocycles. The number of rotatable bonds is 4. The molecule has 1 aliphatic carbocycles. The number of hydrogen-bond donors (Lipinski definition) is 1. The van der Waals surface area contributed by atoms with Crippen molar-refractivity contribution in [3.8, 4) is 17.6 Å². The summed E-state index contributed by atoms with van der Waals surface area (Å²) in [4.78, 5) is 12.6. The van der Waals surface area contributed by atoms with Crippen molar-refractivity contribution in [2.24, 2.45) is 5.41 Å². The lowest BCUT2D eigenvalue weighted by Gasteiger charge is -2.29. The van der Waals surface area contributed by atoms with Gasteiger partial charge in [-0.25, -0.2) is 0 Å². The van der Waals surface area contributed by atoms with E-state index in [1.54, 1.807) is 6.07 Å². The molecule has 0 spiro atoms. The predicted molar refractivity (Wildman–Crippen MR) is 92.7 cm³/mol. The van der Waals surface area contributed by atoms with Crippen LogP contribution in [0.1, 0.15) is 32.1 Å². The molecule has 1 saturated carbocycles. The SMILES string of the molecule is N#CC1(C(=O)Nc2cccc(Oc3ccccc3)c2)CCCCC1. The zero-order valence-electron chi connectivity index (χ0n) is 13.5. The van der Waals surface area contributed by atoms with Crippen LogP contribution in [0.3, 0.4) is 0 Å². The molecule has 0 aromatic heterocycles. The van der Waals surface area contributed by atoms with Gasteiger partial charge in [-0.1, -0.05) is 43.5 Å². The minimum Gasteiger partial charge on any atom is -0.457 e. The number of para-hydroxylation sites is 1. The van der Waals surface area contributed by atoms with Gasteiger partial charge in [-0.05, 0) is 37.1 Å². The first-order valence-electron chi connectivity index (χ1n) is 8.28. The third-order valence-corrected chi connectivity index (χ3v) is 4.43. The maximum absolute atomic E-state index is 12.6. The minimum absolute atomic E-state index is 0.207. The Balaban J connectivity index is 1.72. The number of amides is 1. The van der Waals surface area contributed by atoms with E-state index in [1.807, 2.05) is 48.5 Å². The quantitative estimate of drug-likeness (QED) is 0.872. The summed E-state index contributed by atoms with van der Waals surface area (Å²) in [5, 5.41) is 12.4. The summed E-state index contributed by atoms with van der Waals surface area (Å²) in [5.41, 5.74) is -0.247. The van der Waals surface area contributed by atoms with Crippen LogP contribution in [0.2, 0.25) is 0 Å². The number of nitrogens with zero attached hydrogens (tertiary/aromatic N) is 1. The van der Waals surface area contributed by atoms with Crippen molar-refractivity contribution < 1.29 is 9.53 Å². The van der Waals surface area contributed by atoms with Gasteiger partial charge in [-0.2, -0.15) is 5.26 Å². The predicted octanol–water partition coefficient (Wildman–Crippen LogP) is 4.89. The van der Waals surface area contributed by atoms with Crippen LogP contribution in [0.4, 0.5) is 5.69 Å². The summed E-state index contributed by atoms with van der Waals surface area (Å²) in [6.07, 6.45) is 4.22. The van der Waals surface area contributed by atoms with E-state index in [0.29, 0.717) is 24.3 Å². The molecule has 0 saturated heterocycles. The molecule has 1 amide bonds. The summed E-state index contributed by atoms with van der Waals surface area (Å²) in [5.74, 6) is 1.18. The van der Waals surface area contributed by atoms with Gasteiger partial charge in [-0.3, -0.25) is 4.79 Å². The fourth-order valence-corrected chi connectivity index (χ4v) is 3.06. The Bertz CT molecular complexity index is 744. The van der Waals surface area contributed by atoms with Crippen molar-refractivity contribution >= 4 is 11.6 Å². The number of carbonyl (C=O) groups excluding carboxylic acids is 1.